The maximum absolute atomic E-state index is 12.0. The number of rotatable bonds is 6. The minimum atomic E-state index is -0.0110. The molecule has 0 aliphatic heterocycles. The van der Waals surface area contributed by atoms with Crippen molar-refractivity contribution in [2.45, 2.75) is 26.3 Å². The van der Waals surface area contributed by atoms with E-state index < -0.39 is 0 Å². The highest BCUT2D eigenvalue weighted by molar-refractivity contribution is 6.31. The topological polar surface area (TPSA) is 45.7 Å². The number of quaternary nitrogens is 1. The van der Waals surface area contributed by atoms with Crippen molar-refractivity contribution in [1.82, 2.24) is 0 Å². The number of hydrogen-bond acceptors (Lipinski definition) is 1. The Morgan fingerprint density at radius 2 is 1.86 bits per heavy atom. The summed E-state index contributed by atoms with van der Waals surface area (Å²) in [6.45, 7) is 4.52. The molecule has 1 amide bonds. The van der Waals surface area contributed by atoms with Crippen molar-refractivity contribution in [1.29, 1.82) is 0 Å². The highest BCUT2D eigenvalue weighted by Crippen LogP contribution is 2.19. The van der Waals surface area contributed by atoms with Crippen molar-refractivity contribution in [2.24, 2.45) is 0 Å². The van der Waals surface area contributed by atoms with E-state index in [0.717, 1.165) is 22.7 Å². The van der Waals surface area contributed by atoms with E-state index in [0.29, 0.717) is 6.54 Å². The van der Waals surface area contributed by atoms with E-state index in [4.69, 9.17) is 11.6 Å². The molecule has 0 aromatic heterocycles. The standard InChI is InChI=1S/C18H21ClN2O/c1-3-14-8-10-15(11-9-14)21-18(22)12-20-13(2)16-6-4-5-7-17(16)19/h4-11,13,20H,3,12H2,1-2H3,(H,21,22)/p+1/t13-/m0/s1. The fourth-order valence-electron chi connectivity index (χ4n) is 2.29. The summed E-state index contributed by atoms with van der Waals surface area (Å²) in [5, 5.41) is 5.63. The molecule has 0 saturated heterocycles. The first-order chi connectivity index (χ1) is 10.6. The number of benzene rings is 2. The summed E-state index contributed by atoms with van der Waals surface area (Å²) >= 11 is 6.17. The van der Waals surface area contributed by atoms with Crippen molar-refractivity contribution in [3.8, 4) is 0 Å². The van der Waals surface area contributed by atoms with Crippen LogP contribution in [0.3, 0.4) is 0 Å². The first-order valence-corrected chi connectivity index (χ1v) is 7.94. The second-order valence-electron chi connectivity index (χ2n) is 5.35. The number of aryl methyl sites for hydroxylation is 1. The Morgan fingerprint density at radius 1 is 1.18 bits per heavy atom. The summed E-state index contributed by atoms with van der Waals surface area (Å²) in [4.78, 5) is 12.0. The minimum Gasteiger partial charge on any atom is -0.332 e. The lowest BCUT2D eigenvalue weighted by Gasteiger charge is -2.12. The highest BCUT2D eigenvalue weighted by atomic mass is 35.5. The number of hydrogen-bond donors (Lipinski definition) is 2. The molecule has 0 saturated carbocycles. The first-order valence-electron chi connectivity index (χ1n) is 7.56. The molecule has 2 aromatic carbocycles. The van der Waals surface area contributed by atoms with E-state index in [9.17, 15) is 4.79 Å². The van der Waals surface area contributed by atoms with Crippen LogP contribution in [0.5, 0.6) is 0 Å². The van der Waals surface area contributed by atoms with Crippen LogP contribution in [0.2, 0.25) is 5.02 Å². The maximum atomic E-state index is 12.0. The molecule has 2 rings (SSSR count). The predicted octanol–water partition coefficient (Wildman–Crippen LogP) is 3.17. The number of nitrogens with one attached hydrogen (secondary N) is 1. The van der Waals surface area contributed by atoms with Gasteiger partial charge in [-0.2, -0.15) is 0 Å². The van der Waals surface area contributed by atoms with Crippen LogP contribution in [0.1, 0.15) is 31.0 Å². The molecule has 0 unspecified atom stereocenters. The van der Waals surface area contributed by atoms with Gasteiger partial charge in [0.05, 0.1) is 0 Å². The molecule has 0 spiro atoms. The van der Waals surface area contributed by atoms with Gasteiger partial charge in [-0.05, 0) is 37.1 Å². The molecule has 0 aliphatic rings. The summed E-state index contributed by atoms with van der Waals surface area (Å²) in [6.07, 6.45) is 0.997. The van der Waals surface area contributed by atoms with Crippen molar-refractivity contribution >= 4 is 23.2 Å². The molecule has 3 nitrogen and oxygen atoms in total. The second kappa shape index (κ2) is 7.97. The quantitative estimate of drug-likeness (QED) is 0.844. The van der Waals surface area contributed by atoms with E-state index in [-0.39, 0.29) is 11.9 Å². The predicted molar refractivity (Wildman–Crippen MR) is 91.1 cm³/mol. The van der Waals surface area contributed by atoms with Gasteiger partial charge in [-0.1, -0.05) is 48.9 Å². The molecule has 4 heteroatoms. The molecule has 1 atom stereocenters. The summed E-state index contributed by atoms with van der Waals surface area (Å²) in [5.74, 6) is -0.0110. The zero-order chi connectivity index (χ0) is 15.9. The van der Waals surface area contributed by atoms with Crippen molar-refractivity contribution in [2.75, 3.05) is 11.9 Å². The van der Waals surface area contributed by atoms with Gasteiger partial charge in [-0.15, -0.1) is 0 Å². The number of carbonyl (C=O) groups excluding carboxylic acids is 1. The fourth-order valence-corrected chi connectivity index (χ4v) is 2.60. The van der Waals surface area contributed by atoms with Gasteiger partial charge in [0.1, 0.15) is 6.04 Å². The Hall–Kier alpha value is -1.84. The van der Waals surface area contributed by atoms with Crippen LogP contribution in [0.25, 0.3) is 0 Å². The van der Waals surface area contributed by atoms with E-state index in [1.54, 1.807) is 0 Å². The lowest BCUT2D eigenvalue weighted by atomic mass is 10.1. The average molecular weight is 318 g/mol. The SMILES string of the molecule is CCc1ccc(NC(=O)C[NH2+][C@@H](C)c2ccccc2Cl)cc1. The average Bonchev–Trinajstić information content (AvgIpc) is 2.54. The Morgan fingerprint density at radius 3 is 2.50 bits per heavy atom. The summed E-state index contributed by atoms with van der Waals surface area (Å²) in [7, 11) is 0. The van der Waals surface area contributed by atoms with Crippen LogP contribution in [-0.2, 0) is 11.2 Å². The van der Waals surface area contributed by atoms with Crippen LogP contribution in [0.15, 0.2) is 48.5 Å². The molecule has 0 bridgehead atoms. The Kier molecular flexibility index (Phi) is 5.99. The fraction of sp³-hybridized carbons (Fsp3) is 0.278. The van der Waals surface area contributed by atoms with Crippen molar-refractivity contribution in [3.05, 3.63) is 64.7 Å². The van der Waals surface area contributed by atoms with Gasteiger partial charge < -0.3 is 10.6 Å². The third-order valence-electron chi connectivity index (χ3n) is 3.70. The number of nitrogens with two attached hydrogens (primary N) is 1. The lowest BCUT2D eigenvalue weighted by Crippen LogP contribution is -2.86. The summed E-state index contributed by atoms with van der Waals surface area (Å²) in [5.41, 5.74) is 3.14. The third-order valence-corrected chi connectivity index (χ3v) is 4.04. The number of carbonyl (C=O) groups is 1. The van der Waals surface area contributed by atoms with Crippen LogP contribution in [-0.4, -0.2) is 12.5 Å². The lowest BCUT2D eigenvalue weighted by molar-refractivity contribution is -0.682. The molecule has 0 fully saturated rings. The van der Waals surface area contributed by atoms with E-state index >= 15 is 0 Å². The van der Waals surface area contributed by atoms with Gasteiger partial charge in [0.15, 0.2) is 6.54 Å². The highest BCUT2D eigenvalue weighted by Gasteiger charge is 2.14. The van der Waals surface area contributed by atoms with Crippen molar-refractivity contribution < 1.29 is 10.1 Å². The molecule has 3 N–H and O–H groups in total. The molecule has 0 radical (unpaired) electrons. The van der Waals surface area contributed by atoms with Gasteiger partial charge in [-0.25, -0.2) is 0 Å². The normalized spacial score (nSPS) is 12.0. The number of halogens is 1. The van der Waals surface area contributed by atoms with Crippen LogP contribution in [0.4, 0.5) is 5.69 Å². The zero-order valence-electron chi connectivity index (χ0n) is 13.0. The van der Waals surface area contributed by atoms with Gasteiger partial charge in [0, 0.05) is 16.3 Å². The summed E-state index contributed by atoms with van der Waals surface area (Å²) in [6, 6.07) is 15.8. The molecule has 0 aliphatic carbocycles. The van der Waals surface area contributed by atoms with Crippen LogP contribution < -0.4 is 10.6 Å². The molecular weight excluding hydrogens is 296 g/mol. The zero-order valence-corrected chi connectivity index (χ0v) is 13.7. The smallest absolute Gasteiger partial charge is 0.279 e. The van der Waals surface area contributed by atoms with E-state index in [1.165, 1.54) is 5.56 Å². The van der Waals surface area contributed by atoms with Gasteiger partial charge in [0.2, 0.25) is 0 Å². The van der Waals surface area contributed by atoms with E-state index in [2.05, 4.69) is 12.2 Å². The van der Waals surface area contributed by atoms with Crippen molar-refractivity contribution in [3.63, 3.8) is 0 Å². The van der Waals surface area contributed by atoms with Gasteiger partial charge >= 0.3 is 0 Å². The van der Waals surface area contributed by atoms with Crippen LogP contribution in [0, 0.1) is 0 Å². The Bertz CT molecular complexity index is 625. The minimum absolute atomic E-state index is 0.0110. The monoisotopic (exact) mass is 317 g/mol. The van der Waals surface area contributed by atoms with Crippen LogP contribution >= 0.6 is 11.6 Å². The molecule has 2 aromatic rings. The first kappa shape index (κ1) is 16.5. The largest absolute Gasteiger partial charge is 0.332 e. The Balaban J connectivity index is 1.85. The Labute approximate surface area is 136 Å². The molecule has 22 heavy (non-hydrogen) atoms. The number of amides is 1. The molecule has 0 heterocycles. The molecule has 116 valence electrons. The number of anilines is 1. The maximum Gasteiger partial charge on any atom is 0.279 e. The molecular formula is C18H22ClN2O+. The second-order valence-corrected chi connectivity index (χ2v) is 5.76. The summed E-state index contributed by atoms with van der Waals surface area (Å²) < 4.78 is 0. The van der Waals surface area contributed by atoms with Gasteiger partial charge in [-0.3, -0.25) is 4.79 Å². The van der Waals surface area contributed by atoms with Gasteiger partial charge in [0.25, 0.3) is 5.91 Å². The third kappa shape index (κ3) is 4.58. The van der Waals surface area contributed by atoms with E-state index in [1.807, 2.05) is 60.8 Å².